The number of allylic oxidation sites excluding steroid dienone is 1. The van der Waals surface area contributed by atoms with Crippen LogP contribution < -0.4 is 4.90 Å². The number of rotatable bonds is 14. The summed E-state index contributed by atoms with van der Waals surface area (Å²) in [4.78, 5) is 46.1. The van der Waals surface area contributed by atoms with Gasteiger partial charge < -0.3 is 19.6 Å². The SMILES string of the molecule is C=CCCCCOC(=O)[C@@H]1[C@H]2C(=O)N([C@@H](CO)Cc3ccccc3)C(C(=O)N(CC=C)c3ccc(Cl)cc3)C23CC[C@H]1S3. The molecular weight excluding hydrogens is 584 g/mol. The molecule has 0 aliphatic carbocycles. The van der Waals surface area contributed by atoms with Crippen LogP contribution in [0.3, 0.4) is 0 Å². The molecule has 43 heavy (non-hydrogen) atoms. The summed E-state index contributed by atoms with van der Waals surface area (Å²) in [5, 5.41) is 11.1. The number of hydrogen-bond donors (Lipinski definition) is 1. The zero-order valence-electron chi connectivity index (χ0n) is 24.3. The first-order chi connectivity index (χ1) is 20.9. The number of carbonyl (C=O) groups excluding carboxylic acids is 3. The van der Waals surface area contributed by atoms with Gasteiger partial charge >= 0.3 is 5.97 Å². The van der Waals surface area contributed by atoms with Crippen LogP contribution in [0.5, 0.6) is 0 Å². The van der Waals surface area contributed by atoms with Crippen LogP contribution in [-0.2, 0) is 25.5 Å². The lowest BCUT2D eigenvalue weighted by Gasteiger charge is -2.39. The van der Waals surface area contributed by atoms with Crippen LogP contribution in [0.4, 0.5) is 5.69 Å². The van der Waals surface area contributed by atoms with Crippen LogP contribution in [0.1, 0.15) is 37.7 Å². The number of carbonyl (C=O) groups is 3. The van der Waals surface area contributed by atoms with Gasteiger partial charge in [-0.2, -0.15) is 0 Å². The van der Waals surface area contributed by atoms with E-state index in [9.17, 15) is 19.5 Å². The second kappa shape index (κ2) is 13.7. The van der Waals surface area contributed by atoms with E-state index in [1.807, 2.05) is 36.4 Å². The van der Waals surface area contributed by atoms with E-state index < -0.39 is 28.7 Å². The number of anilines is 1. The third-order valence-corrected chi connectivity index (χ3v) is 11.1. The van der Waals surface area contributed by atoms with E-state index in [4.69, 9.17) is 16.3 Å². The summed E-state index contributed by atoms with van der Waals surface area (Å²) in [6.07, 6.45) is 7.66. The molecule has 7 nitrogen and oxygen atoms in total. The van der Waals surface area contributed by atoms with Gasteiger partial charge in [0, 0.05) is 22.5 Å². The number of amides is 2. The average Bonchev–Trinajstić information content (AvgIpc) is 3.66. The van der Waals surface area contributed by atoms with Gasteiger partial charge in [-0.15, -0.1) is 24.9 Å². The molecule has 6 atom stereocenters. The van der Waals surface area contributed by atoms with E-state index in [0.29, 0.717) is 30.0 Å². The Bertz CT molecular complexity index is 1340. The van der Waals surface area contributed by atoms with E-state index >= 15 is 0 Å². The summed E-state index contributed by atoms with van der Waals surface area (Å²) in [7, 11) is 0. The number of halogens is 1. The van der Waals surface area contributed by atoms with Crippen LogP contribution in [0.2, 0.25) is 5.02 Å². The van der Waals surface area contributed by atoms with Crippen molar-refractivity contribution in [1.82, 2.24) is 4.90 Å². The Morgan fingerprint density at radius 3 is 2.56 bits per heavy atom. The lowest BCUT2D eigenvalue weighted by Crippen LogP contribution is -2.58. The molecule has 3 saturated heterocycles. The third kappa shape index (κ3) is 6.02. The highest BCUT2D eigenvalue weighted by Gasteiger charge is 2.74. The molecule has 3 aliphatic rings. The quantitative estimate of drug-likeness (QED) is 0.171. The van der Waals surface area contributed by atoms with Gasteiger partial charge in [-0.3, -0.25) is 14.4 Å². The van der Waals surface area contributed by atoms with Gasteiger partial charge in [0.05, 0.1) is 35.8 Å². The summed E-state index contributed by atoms with van der Waals surface area (Å²) in [6, 6.07) is 15.1. The summed E-state index contributed by atoms with van der Waals surface area (Å²) >= 11 is 7.75. The third-order valence-electron chi connectivity index (χ3n) is 8.93. The highest BCUT2D eigenvalue weighted by molar-refractivity contribution is 8.02. The van der Waals surface area contributed by atoms with Crippen molar-refractivity contribution in [3.63, 3.8) is 0 Å². The standard InChI is InChI=1S/C34H39ClN2O5S/c1-3-5-6-10-20-42-33(41)28-27-17-18-34(43-27)29(28)31(39)37(26(22-38)21-23-11-8-7-9-12-23)30(34)32(40)36(19-4-2)25-15-13-24(35)14-16-25/h3-4,7-9,11-16,26-30,38H,1-2,5-6,10,17-22H2/t26-,27-,28+,29+,30?,34?/m1/s1. The fraction of sp³-hybridized carbons (Fsp3) is 0.441. The van der Waals surface area contributed by atoms with Gasteiger partial charge in [0.25, 0.3) is 5.91 Å². The van der Waals surface area contributed by atoms with Crippen molar-refractivity contribution in [2.75, 3.05) is 24.7 Å². The molecule has 5 rings (SSSR count). The molecule has 0 saturated carbocycles. The molecule has 2 amide bonds. The minimum atomic E-state index is -0.873. The Hall–Kier alpha value is -3.07. The van der Waals surface area contributed by atoms with Gasteiger partial charge in [0.15, 0.2) is 0 Å². The molecule has 9 heteroatoms. The van der Waals surface area contributed by atoms with E-state index in [1.54, 1.807) is 51.9 Å². The molecule has 3 heterocycles. The van der Waals surface area contributed by atoms with Crippen LogP contribution in [0, 0.1) is 11.8 Å². The molecule has 2 unspecified atom stereocenters. The molecular formula is C34H39ClN2O5S. The number of aliphatic hydroxyl groups is 1. The Labute approximate surface area is 262 Å². The molecule has 0 radical (unpaired) electrons. The monoisotopic (exact) mass is 622 g/mol. The fourth-order valence-electron chi connectivity index (χ4n) is 7.05. The second-order valence-electron chi connectivity index (χ2n) is 11.5. The van der Waals surface area contributed by atoms with Gasteiger partial charge in [-0.25, -0.2) is 0 Å². The van der Waals surface area contributed by atoms with Crippen molar-refractivity contribution in [2.45, 2.75) is 60.6 Å². The van der Waals surface area contributed by atoms with Crippen LogP contribution >= 0.6 is 23.4 Å². The number of aliphatic hydroxyl groups excluding tert-OH is 1. The number of fused-ring (bicyclic) bond motifs is 1. The largest absolute Gasteiger partial charge is 0.465 e. The van der Waals surface area contributed by atoms with Gasteiger partial charge in [0.2, 0.25) is 5.91 Å². The number of unbranched alkanes of at least 4 members (excludes halogenated alkanes) is 2. The summed E-state index contributed by atoms with van der Waals surface area (Å²) < 4.78 is 4.93. The zero-order chi connectivity index (χ0) is 30.6. The minimum absolute atomic E-state index is 0.0999. The number of benzene rings is 2. The molecule has 3 aliphatic heterocycles. The average molecular weight is 623 g/mol. The van der Waals surface area contributed by atoms with Crippen molar-refractivity contribution < 1.29 is 24.2 Å². The minimum Gasteiger partial charge on any atom is -0.465 e. The molecule has 228 valence electrons. The molecule has 2 bridgehead atoms. The maximum absolute atomic E-state index is 14.8. The predicted octanol–water partition coefficient (Wildman–Crippen LogP) is 5.45. The van der Waals surface area contributed by atoms with Crippen molar-refractivity contribution >= 4 is 46.8 Å². The smallest absolute Gasteiger partial charge is 0.310 e. The summed E-state index contributed by atoms with van der Waals surface area (Å²) in [6.45, 7) is 7.81. The van der Waals surface area contributed by atoms with E-state index in [-0.39, 0.29) is 42.8 Å². The Morgan fingerprint density at radius 2 is 1.88 bits per heavy atom. The molecule has 3 fully saturated rings. The van der Waals surface area contributed by atoms with Gasteiger partial charge in [0.1, 0.15) is 6.04 Å². The number of thioether (sulfide) groups is 1. The Morgan fingerprint density at radius 1 is 1.14 bits per heavy atom. The highest BCUT2D eigenvalue weighted by Crippen LogP contribution is 2.67. The number of esters is 1. The highest BCUT2D eigenvalue weighted by atomic mass is 35.5. The van der Waals surface area contributed by atoms with Crippen molar-refractivity contribution in [3.05, 3.63) is 90.5 Å². The van der Waals surface area contributed by atoms with Crippen LogP contribution in [-0.4, -0.2) is 69.6 Å². The van der Waals surface area contributed by atoms with Crippen LogP contribution in [0.15, 0.2) is 79.9 Å². The normalized spacial score (nSPS) is 26.2. The molecule has 2 aromatic carbocycles. The molecule has 2 aromatic rings. The number of hydrogen-bond acceptors (Lipinski definition) is 6. The van der Waals surface area contributed by atoms with Gasteiger partial charge in [-0.05, 0) is 68.4 Å². The van der Waals surface area contributed by atoms with E-state index in [0.717, 1.165) is 24.8 Å². The van der Waals surface area contributed by atoms with Gasteiger partial charge in [-0.1, -0.05) is 54.1 Å². The first kappa shape index (κ1) is 31.4. The lowest BCUT2D eigenvalue weighted by molar-refractivity contribution is -0.154. The van der Waals surface area contributed by atoms with Crippen LogP contribution in [0.25, 0.3) is 0 Å². The van der Waals surface area contributed by atoms with E-state index in [1.165, 1.54) is 0 Å². The molecule has 1 spiro atoms. The Balaban J connectivity index is 1.52. The fourth-order valence-corrected chi connectivity index (χ4v) is 9.36. The summed E-state index contributed by atoms with van der Waals surface area (Å²) in [5.41, 5.74) is 1.58. The summed E-state index contributed by atoms with van der Waals surface area (Å²) in [5.74, 6) is -2.22. The lowest BCUT2D eigenvalue weighted by atomic mass is 9.71. The topological polar surface area (TPSA) is 87.1 Å². The maximum atomic E-state index is 14.8. The van der Waals surface area contributed by atoms with E-state index in [2.05, 4.69) is 13.2 Å². The van der Waals surface area contributed by atoms with Crippen molar-refractivity contribution in [2.24, 2.45) is 11.8 Å². The first-order valence-corrected chi connectivity index (χ1v) is 16.2. The maximum Gasteiger partial charge on any atom is 0.310 e. The molecule has 1 N–H and O–H groups in total. The number of likely N-dealkylation sites (tertiary alicyclic amines) is 1. The second-order valence-corrected chi connectivity index (χ2v) is 13.5. The molecule has 0 aromatic heterocycles. The zero-order valence-corrected chi connectivity index (χ0v) is 25.8. The van der Waals surface area contributed by atoms with Crippen molar-refractivity contribution in [1.29, 1.82) is 0 Å². The Kier molecular flexibility index (Phi) is 9.99. The predicted molar refractivity (Wildman–Crippen MR) is 171 cm³/mol. The number of ether oxygens (including phenoxy) is 1. The number of nitrogens with zero attached hydrogens (tertiary/aromatic N) is 2. The first-order valence-electron chi connectivity index (χ1n) is 15.0. The van der Waals surface area contributed by atoms with Crippen molar-refractivity contribution in [3.8, 4) is 0 Å².